The van der Waals surface area contributed by atoms with Crippen molar-refractivity contribution in [3.05, 3.63) is 36.0 Å². The summed E-state index contributed by atoms with van der Waals surface area (Å²) in [5, 5.41) is 0.575. The first-order valence-electron chi connectivity index (χ1n) is 4.37. The van der Waals surface area contributed by atoms with Crippen LogP contribution in [0.1, 0.15) is 5.69 Å². The quantitative estimate of drug-likeness (QED) is 0.700. The van der Waals surface area contributed by atoms with Gasteiger partial charge in [-0.1, -0.05) is 18.2 Å². The summed E-state index contributed by atoms with van der Waals surface area (Å²) in [6, 6.07) is 7.45. The second kappa shape index (κ2) is 3.78. The Kier molecular flexibility index (Phi) is 2.59. The van der Waals surface area contributed by atoms with Crippen LogP contribution in [0.5, 0.6) is 0 Å². The number of hydrogen-bond donors (Lipinski definition) is 0. The fourth-order valence-corrected chi connectivity index (χ4v) is 1.58. The standard InChI is InChI=1S/C10H5F3N2Si/c11-10(12,13)9-5-8(15-16)6-3-1-2-4-7(6)14-9/h1-5H. The van der Waals surface area contributed by atoms with Crippen molar-refractivity contribution in [2.75, 3.05) is 0 Å². The lowest BCUT2D eigenvalue weighted by Crippen LogP contribution is -2.07. The van der Waals surface area contributed by atoms with Gasteiger partial charge in [0.1, 0.15) is 5.69 Å². The van der Waals surface area contributed by atoms with Crippen LogP contribution in [-0.2, 0) is 6.18 Å². The Hall–Kier alpha value is -1.56. The molecule has 1 aromatic heterocycles. The van der Waals surface area contributed by atoms with Crippen LogP contribution in [0.4, 0.5) is 18.9 Å². The number of para-hydroxylation sites is 1. The second-order valence-electron chi connectivity index (χ2n) is 3.15. The van der Waals surface area contributed by atoms with Crippen molar-refractivity contribution in [2.45, 2.75) is 6.18 Å². The predicted octanol–water partition coefficient (Wildman–Crippen LogP) is 3.24. The summed E-state index contributed by atoms with van der Waals surface area (Å²) >= 11 is 0. The van der Waals surface area contributed by atoms with E-state index in [2.05, 4.69) is 19.7 Å². The molecule has 0 aliphatic carbocycles. The summed E-state index contributed by atoms with van der Waals surface area (Å²) in [7, 11) is 2.86. The lowest BCUT2D eigenvalue weighted by Gasteiger charge is -2.08. The number of fused-ring (bicyclic) bond motifs is 1. The highest BCUT2D eigenvalue weighted by Gasteiger charge is 2.33. The van der Waals surface area contributed by atoms with E-state index < -0.39 is 11.9 Å². The normalized spacial score (nSPS) is 11.7. The van der Waals surface area contributed by atoms with Crippen molar-refractivity contribution < 1.29 is 13.2 Å². The molecule has 0 atom stereocenters. The van der Waals surface area contributed by atoms with Crippen LogP contribution in [-0.4, -0.2) is 15.0 Å². The minimum absolute atomic E-state index is 0.217. The molecule has 0 amide bonds. The predicted molar refractivity (Wildman–Crippen MR) is 54.6 cm³/mol. The molecule has 0 saturated carbocycles. The van der Waals surface area contributed by atoms with Gasteiger partial charge in [0.2, 0.25) is 0 Å². The molecule has 2 nitrogen and oxygen atoms in total. The van der Waals surface area contributed by atoms with Gasteiger partial charge in [0.05, 0.1) is 11.2 Å². The number of alkyl halides is 3. The van der Waals surface area contributed by atoms with E-state index in [0.29, 0.717) is 5.39 Å². The summed E-state index contributed by atoms with van der Waals surface area (Å²) in [5.74, 6) is 0. The van der Waals surface area contributed by atoms with E-state index in [0.717, 1.165) is 6.07 Å². The third kappa shape index (κ3) is 1.88. The number of aromatic nitrogens is 1. The Bertz CT molecular complexity index is 551. The van der Waals surface area contributed by atoms with Crippen LogP contribution in [0.3, 0.4) is 0 Å². The molecule has 16 heavy (non-hydrogen) atoms. The van der Waals surface area contributed by atoms with Crippen LogP contribution in [0.15, 0.2) is 35.0 Å². The lowest BCUT2D eigenvalue weighted by atomic mass is 10.1. The number of rotatable bonds is 1. The molecule has 0 aliphatic heterocycles. The maximum atomic E-state index is 12.5. The first-order chi connectivity index (χ1) is 7.52. The zero-order chi connectivity index (χ0) is 11.8. The molecule has 0 fully saturated rings. The molecule has 1 aromatic carbocycles. The van der Waals surface area contributed by atoms with Crippen LogP contribution in [0, 0.1) is 0 Å². The Labute approximate surface area is 92.3 Å². The van der Waals surface area contributed by atoms with Crippen LogP contribution in [0.25, 0.3) is 10.9 Å². The minimum Gasteiger partial charge on any atom is -0.298 e. The van der Waals surface area contributed by atoms with E-state index in [4.69, 9.17) is 0 Å². The molecule has 0 N–H and O–H groups in total. The molecule has 0 saturated heterocycles. The molecular weight excluding hydrogens is 233 g/mol. The number of hydrogen-bond acceptors (Lipinski definition) is 2. The van der Waals surface area contributed by atoms with Crippen molar-refractivity contribution in [1.29, 1.82) is 0 Å². The maximum Gasteiger partial charge on any atom is 0.433 e. The first-order valence-corrected chi connectivity index (χ1v) is 4.81. The van der Waals surface area contributed by atoms with Crippen molar-refractivity contribution >= 4 is 26.6 Å². The van der Waals surface area contributed by atoms with Gasteiger partial charge >= 0.3 is 6.18 Å². The van der Waals surface area contributed by atoms with Crippen molar-refractivity contribution in [1.82, 2.24) is 4.98 Å². The van der Waals surface area contributed by atoms with Gasteiger partial charge in [-0.2, -0.15) is 13.2 Å². The minimum atomic E-state index is -4.46. The lowest BCUT2D eigenvalue weighted by molar-refractivity contribution is -0.140. The highest BCUT2D eigenvalue weighted by molar-refractivity contribution is 5.99. The van der Waals surface area contributed by atoms with Gasteiger partial charge in [0, 0.05) is 5.39 Å². The summed E-state index contributed by atoms with van der Waals surface area (Å²) in [5.41, 5.74) is -0.452. The van der Waals surface area contributed by atoms with Crippen molar-refractivity contribution in [3.63, 3.8) is 0 Å². The largest absolute Gasteiger partial charge is 0.433 e. The molecule has 1 heterocycles. The summed E-state index contributed by atoms with van der Waals surface area (Å²) in [6.07, 6.45) is -4.46. The number of halogens is 3. The maximum absolute atomic E-state index is 12.5. The highest BCUT2D eigenvalue weighted by atomic mass is 28.1. The number of benzene rings is 1. The number of pyridine rings is 1. The molecule has 2 aromatic rings. The molecule has 2 radical (unpaired) electrons. The van der Waals surface area contributed by atoms with E-state index in [1.54, 1.807) is 18.2 Å². The Balaban J connectivity index is 2.78. The number of nitrogens with zero attached hydrogens (tertiary/aromatic N) is 2. The van der Waals surface area contributed by atoms with E-state index in [1.165, 1.54) is 6.07 Å². The van der Waals surface area contributed by atoms with E-state index >= 15 is 0 Å². The summed E-state index contributed by atoms with van der Waals surface area (Å²) in [6.45, 7) is 0. The smallest absolute Gasteiger partial charge is 0.298 e. The van der Waals surface area contributed by atoms with Gasteiger partial charge in [-0.05, 0) is 12.1 Å². The zero-order valence-corrected chi connectivity index (χ0v) is 8.92. The SMILES string of the molecule is FC(F)(F)c1cc(N=[Si])c2ccccc2n1. The summed E-state index contributed by atoms with van der Waals surface area (Å²) < 4.78 is 41.2. The van der Waals surface area contributed by atoms with Gasteiger partial charge in [-0.3, -0.25) is 4.63 Å². The molecular formula is C10H5F3N2Si. The van der Waals surface area contributed by atoms with Gasteiger partial charge < -0.3 is 0 Å². The third-order valence-corrected chi connectivity index (χ3v) is 2.35. The fourth-order valence-electron chi connectivity index (χ4n) is 1.39. The third-order valence-electron chi connectivity index (χ3n) is 2.11. The Morgan fingerprint density at radius 2 is 1.88 bits per heavy atom. The van der Waals surface area contributed by atoms with Crippen LogP contribution in [0.2, 0.25) is 0 Å². The highest BCUT2D eigenvalue weighted by Crippen LogP contribution is 2.33. The van der Waals surface area contributed by atoms with Crippen molar-refractivity contribution in [3.8, 4) is 0 Å². The van der Waals surface area contributed by atoms with E-state index in [-0.39, 0.29) is 11.2 Å². The Morgan fingerprint density at radius 1 is 1.19 bits per heavy atom. The van der Waals surface area contributed by atoms with Crippen LogP contribution < -0.4 is 0 Å². The zero-order valence-electron chi connectivity index (χ0n) is 7.92. The van der Waals surface area contributed by atoms with E-state index in [1.807, 2.05) is 0 Å². The van der Waals surface area contributed by atoms with E-state index in [9.17, 15) is 13.2 Å². The fraction of sp³-hybridized carbons (Fsp3) is 0.100. The van der Waals surface area contributed by atoms with Gasteiger partial charge in [0.15, 0.2) is 10.0 Å². The molecule has 0 aliphatic rings. The topological polar surface area (TPSA) is 25.2 Å². The first kappa shape index (κ1) is 10.9. The molecule has 0 unspecified atom stereocenters. The average Bonchev–Trinajstić information content (AvgIpc) is 2.26. The Morgan fingerprint density at radius 3 is 2.50 bits per heavy atom. The average molecular weight is 238 g/mol. The summed E-state index contributed by atoms with van der Waals surface area (Å²) in [4.78, 5) is 3.55. The van der Waals surface area contributed by atoms with Crippen molar-refractivity contribution in [2.24, 2.45) is 4.63 Å². The second-order valence-corrected chi connectivity index (χ2v) is 3.38. The molecule has 80 valence electrons. The van der Waals surface area contributed by atoms with Gasteiger partial charge in [-0.25, -0.2) is 4.98 Å². The molecule has 6 heteroatoms. The molecule has 0 bridgehead atoms. The van der Waals surface area contributed by atoms with Gasteiger partial charge in [-0.15, -0.1) is 0 Å². The van der Waals surface area contributed by atoms with Crippen LogP contribution >= 0.6 is 0 Å². The molecule has 2 rings (SSSR count). The monoisotopic (exact) mass is 238 g/mol. The molecule has 0 spiro atoms. The van der Waals surface area contributed by atoms with Gasteiger partial charge in [0.25, 0.3) is 0 Å².